The molecule has 1 aromatic rings. The lowest BCUT2D eigenvalue weighted by atomic mass is 9.96. The minimum absolute atomic E-state index is 0.568. The quantitative estimate of drug-likeness (QED) is 0.826. The van der Waals surface area contributed by atoms with Gasteiger partial charge in [0, 0.05) is 12.2 Å². The van der Waals surface area contributed by atoms with Crippen LogP contribution in [0.2, 0.25) is 0 Å². The predicted molar refractivity (Wildman–Crippen MR) is 60.2 cm³/mol. The molecule has 1 aliphatic carbocycles. The van der Waals surface area contributed by atoms with E-state index in [4.69, 9.17) is 0 Å². The lowest BCUT2D eigenvalue weighted by molar-refractivity contribution is 0.461. The average molecular weight is 256 g/mol. The Kier molecular flexibility index (Phi) is 3.35. The molecule has 1 aliphatic rings. The van der Waals surface area contributed by atoms with Gasteiger partial charge in [0.25, 0.3) is 0 Å². The minimum Gasteiger partial charge on any atom is -0.351 e. The molecule has 2 rings (SSSR count). The predicted octanol–water partition coefficient (Wildman–Crippen LogP) is 2.98. The third kappa shape index (κ3) is 2.67. The van der Waals surface area contributed by atoms with E-state index in [2.05, 4.69) is 31.2 Å². The van der Waals surface area contributed by atoms with Crippen molar-refractivity contribution in [3.05, 3.63) is 16.9 Å². The third-order valence-electron chi connectivity index (χ3n) is 2.56. The molecule has 0 spiro atoms. The summed E-state index contributed by atoms with van der Waals surface area (Å²) in [5.41, 5.74) is 0. The first-order valence-corrected chi connectivity index (χ1v) is 5.89. The Morgan fingerprint density at radius 3 is 2.79 bits per heavy atom. The summed E-state index contributed by atoms with van der Waals surface area (Å²) in [6, 6.07) is 2.41. The number of nitrogens with zero attached hydrogens (tertiary/aromatic N) is 2. The van der Waals surface area contributed by atoms with Crippen molar-refractivity contribution >= 4 is 21.9 Å². The fourth-order valence-electron chi connectivity index (χ4n) is 1.84. The summed E-state index contributed by atoms with van der Waals surface area (Å²) >= 11 is 3.34. The molecule has 0 amide bonds. The van der Waals surface area contributed by atoms with Crippen molar-refractivity contribution in [2.75, 3.05) is 5.32 Å². The molecule has 4 heteroatoms. The van der Waals surface area contributed by atoms with Gasteiger partial charge in [-0.2, -0.15) is 0 Å². The largest absolute Gasteiger partial charge is 0.351 e. The molecule has 1 fully saturated rings. The second-order valence-corrected chi connectivity index (χ2v) is 4.49. The Morgan fingerprint density at radius 1 is 1.29 bits per heavy atom. The van der Waals surface area contributed by atoms with Gasteiger partial charge in [-0.3, -0.25) is 0 Å². The van der Waals surface area contributed by atoms with Gasteiger partial charge in [-0.15, -0.1) is 0 Å². The van der Waals surface area contributed by atoms with E-state index in [1.807, 2.05) is 6.07 Å². The molecule has 1 N–H and O–H groups in total. The summed E-state index contributed by atoms with van der Waals surface area (Å²) in [4.78, 5) is 8.44. The number of nitrogens with one attached hydrogen (secondary N) is 1. The minimum atomic E-state index is 0.568. The second-order valence-electron chi connectivity index (χ2n) is 3.68. The van der Waals surface area contributed by atoms with Gasteiger partial charge < -0.3 is 5.32 Å². The van der Waals surface area contributed by atoms with Gasteiger partial charge in [0.2, 0.25) is 5.95 Å². The second kappa shape index (κ2) is 4.73. The van der Waals surface area contributed by atoms with E-state index in [9.17, 15) is 0 Å². The van der Waals surface area contributed by atoms with Crippen LogP contribution in [0, 0.1) is 0 Å². The zero-order valence-electron chi connectivity index (χ0n) is 8.04. The normalized spacial score (nSPS) is 18.1. The molecule has 0 saturated heterocycles. The highest BCUT2D eigenvalue weighted by Gasteiger charge is 2.13. The van der Waals surface area contributed by atoms with Crippen molar-refractivity contribution in [3.8, 4) is 0 Å². The van der Waals surface area contributed by atoms with Gasteiger partial charge in [0.15, 0.2) is 0 Å². The van der Waals surface area contributed by atoms with Gasteiger partial charge in [-0.1, -0.05) is 19.3 Å². The van der Waals surface area contributed by atoms with Crippen molar-refractivity contribution < 1.29 is 0 Å². The van der Waals surface area contributed by atoms with E-state index in [0.717, 1.165) is 10.6 Å². The van der Waals surface area contributed by atoms with E-state index in [1.54, 1.807) is 6.20 Å². The first-order chi connectivity index (χ1) is 6.84. The molecule has 76 valence electrons. The number of hydrogen-bond donors (Lipinski definition) is 1. The molecule has 0 aliphatic heterocycles. The molecular formula is C10H14BrN3. The maximum Gasteiger partial charge on any atom is 0.223 e. The summed E-state index contributed by atoms with van der Waals surface area (Å²) in [6.45, 7) is 0. The van der Waals surface area contributed by atoms with Crippen LogP contribution in [0.25, 0.3) is 0 Å². The fourth-order valence-corrected chi connectivity index (χ4v) is 2.12. The molecule has 0 bridgehead atoms. The topological polar surface area (TPSA) is 37.8 Å². The molecule has 3 nitrogen and oxygen atoms in total. The van der Waals surface area contributed by atoms with Crippen molar-refractivity contribution in [3.63, 3.8) is 0 Å². The highest BCUT2D eigenvalue weighted by Crippen LogP contribution is 2.20. The molecule has 1 heterocycles. The summed E-state index contributed by atoms with van der Waals surface area (Å²) < 4.78 is 0.839. The number of halogens is 1. The number of anilines is 1. The molecule has 0 aromatic carbocycles. The van der Waals surface area contributed by atoms with E-state index >= 15 is 0 Å². The Morgan fingerprint density at radius 2 is 2.07 bits per heavy atom. The van der Waals surface area contributed by atoms with Gasteiger partial charge in [0.05, 0.1) is 0 Å². The molecular weight excluding hydrogens is 242 g/mol. The van der Waals surface area contributed by atoms with Crippen molar-refractivity contribution in [2.45, 2.75) is 38.1 Å². The molecule has 1 saturated carbocycles. The summed E-state index contributed by atoms with van der Waals surface area (Å²) in [7, 11) is 0. The molecule has 14 heavy (non-hydrogen) atoms. The lowest BCUT2D eigenvalue weighted by Crippen LogP contribution is -2.23. The van der Waals surface area contributed by atoms with Crippen LogP contribution in [0.15, 0.2) is 16.9 Å². The van der Waals surface area contributed by atoms with Gasteiger partial charge in [-0.25, -0.2) is 9.97 Å². The Bertz CT molecular complexity index is 297. The number of rotatable bonds is 2. The lowest BCUT2D eigenvalue weighted by Gasteiger charge is -2.22. The van der Waals surface area contributed by atoms with Crippen LogP contribution in [0.5, 0.6) is 0 Å². The van der Waals surface area contributed by atoms with Crippen molar-refractivity contribution in [1.29, 1.82) is 0 Å². The van der Waals surface area contributed by atoms with Crippen LogP contribution in [-0.2, 0) is 0 Å². The van der Waals surface area contributed by atoms with Crippen LogP contribution in [0.1, 0.15) is 32.1 Å². The smallest absolute Gasteiger partial charge is 0.223 e. The Labute approximate surface area is 92.5 Å². The van der Waals surface area contributed by atoms with E-state index < -0.39 is 0 Å². The van der Waals surface area contributed by atoms with E-state index in [-0.39, 0.29) is 0 Å². The maximum absolute atomic E-state index is 4.26. The highest BCUT2D eigenvalue weighted by atomic mass is 79.9. The number of aromatic nitrogens is 2. The molecule has 1 aromatic heterocycles. The maximum atomic E-state index is 4.26. The van der Waals surface area contributed by atoms with E-state index in [1.165, 1.54) is 32.1 Å². The zero-order chi connectivity index (χ0) is 9.80. The standard InChI is InChI=1S/C10H14BrN3/c11-9-6-7-12-10(14-9)13-8-4-2-1-3-5-8/h6-8H,1-5H2,(H,12,13,14). The highest BCUT2D eigenvalue weighted by molar-refractivity contribution is 9.10. The van der Waals surface area contributed by atoms with Crippen molar-refractivity contribution in [2.24, 2.45) is 0 Å². The zero-order valence-corrected chi connectivity index (χ0v) is 9.63. The third-order valence-corrected chi connectivity index (χ3v) is 3.00. The first-order valence-electron chi connectivity index (χ1n) is 5.10. The molecule has 0 unspecified atom stereocenters. The van der Waals surface area contributed by atoms with Crippen molar-refractivity contribution in [1.82, 2.24) is 9.97 Å². The SMILES string of the molecule is Brc1ccnc(NC2CCCCC2)n1. The monoisotopic (exact) mass is 255 g/mol. The summed E-state index contributed by atoms with van der Waals surface area (Å²) in [5.74, 6) is 0.742. The molecule has 0 atom stereocenters. The van der Waals surface area contributed by atoms with Gasteiger partial charge >= 0.3 is 0 Å². The van der Waals surface area contributed by atoms with Gasteiger partial charge in [0.1, 0.15) is 4.60 Å². The fraction of sp³-hybridized carbons (Fsp3) is 0.600. The van der Waals surface area contributed by atoms with Crippen LogP contribution < -0.4 is 5.32 Å². The molecule has 0 radical (unpaired) electrons. The van der Waals surface area contributed by atoms with E-state index in [0.29, 0.717) is 6.04 Å². The summed E-state index contributed by atoms with van der Waals surface area (Å²) in [6.07, 6.45) is 8.28. The van der Waals surface area contributed by atoms with Crippen LogP contribution >= 0.6 is 15.9 Å². The van der Waals surface area contributed by atoms with Crippen LogP contribution in [0.4, 0.5) is 5.95 Å². The Balaban J connectivity index is 1.95. The summed E-state index contributed by atoms with van der Waals surface area (Å²) in [5, 5.41) is 3.37. The van der Waals surface area contributed by atoms with Crippen LogP contribution in [-0.4, -0.2) is 16.0 Å². The number of hydrogen-bond acceptors (Lipinski definition) is 3. The average Bonchev–Trinajstić information content (AvgIpc) is 2.19. The first kappa shape index (κ1) is 9.90. The van der Waals surface area contributed by atoms with Crippen LogP contribution in [0.3, 0.4) is 0 Å². The van der Waals surface area contributed by atoms with Gasteiger partial charge in [-0.05, 0) is 34.8 Å². The Hall–Kier alpha value is -0.640.